The summed E-state index contributed by atoms with van der Waals surface area (Å²) in [7, 11) is -4.05. The lowest BCUT2D eigenvalue weighted by molar-refractivity contribution is -0.438. The highest BCUT2D eigenvalue weighted by Gasteiger charge is 2.47. The van der Waals surface area contributed by atoms with Crippen molar-refractivity contribution in [3.63, 3.8) is 0 Å². The van der Waals surface area contributed by atoms with E-state index in [-0.39, 0.29) is 5.75 Å². The van der Waals surface area contributed by atoms with Gasteiger partial charge in [-0.15, -0.1) is 8.67 Å². The molecule has 1 aliphatic rings. The minimum Gasteiger partial charge on any atom is -0.362 e. The number of allylic oxidation sites excluding steroid dienone is 3. The Bertz CT molecular complexity index is 1300. The summed E-state index contributed by atoms with van der Waals surface area (Å²) in [5, 5.41) is 27.6. The van der Waals surface area contributed by atoms with Gasteiger partial charge in [0.25, 0.3) is 10.1 Å². The monoisotopic (exact) mass is 627 g/mol. The molecule has 2 aromatic carbocycles. The maximum atomic E-state index is 11.3. The Balaban J connectivity index is 1.91. The lowest BCUT2D eigenvalue weighted by Gasteiger charge is -2.22. The number of nitrogens with one attached hydrogen (secondary N) is 1. The zero-order valence-corrected chi connectivity index (χ0v) is 25.0. The van der Waals surface area contributed by atoms with E-state index in [1.54, 1.807) is 0 Å². The standard InChI is InChI=1S/C27H34N2O9S3/c1-27(16-6-10-20-41(32,33)34)24-21-23(40-38-36-31)14-15-25(24)29(18-8-9-19-39-37-35-30)26(27)13-5-7-17-28-22-11-3-2-4-12-22/h2-5,7,11-15,17,21H,6,8-10,16,18-20H2,1H3,(H3,30,31,32,33,34)/p+1. The summed E-state index contributed by atoms with van der Waals surface area (Å²) in [6.07, 6.45) is 10.9. The van der Waals surface area contributed by atoms with E-state index in [2.05, 4.69) is 41.6 Å². The molecule has 1 atom stereocenters. The van der Waals surface area contributed by atoms with Gasteiger partial charge in [0.05, 0.1) is 23.2 Å². The van der Waals surface area contributed by atoms with Crippen LogP contribution >= 0.6 is 24.1 Å². The van der Waals surface area contributed by atoms with Crippen LogP contribution in [0.3, 0.4) is 0 Å². The lowest BCUT2D eigenvalue weighted by Crippen LogP contribution is -2.31. The number of nitrogens with zero attached hydrogens (tertiary/aromatic N) is 1. The first-order valence-corrected chi connectivity index (χ1v) is 16.2. The second-order valence-corrected chi connectivity index (χ2v) is 12.5. The van der Waals surface area contributed by atoms with E-state index in [1.807, 2.05) is 66.9 Å². The van der Waals surface area contributed by atoms with Gasteiger partial charge in [0.15, 0.2) is 5.71 Å². The van der Waals surface area contributed by atoms with Gasteiger partial charge >= 0.3 is 0 Å². The van der Waals surface area contributed by atoms with Crippen molar-refractivity contribution in [1.29, 1.82) is 0 Å². The molecule has 1 unspecified atom stereocenters. The van der Waals surface area contributed by atoms with Crippen LogP contribution in [0.25, 0.3) is 0 Å². The van der Waals surface area contributed by atoms with Crippen LogP contribution in [-0.2, 0) is 34.3 Å². The summed E-state index contributed by atoms with van der Waals surface area (Å²) >= 11 is 1.89. The smallest absolute Gasteiger partial charge is 0.264 e. The van der Waals surface area contributed by atoms with Crippen LogP contribution < -0.4 is 5.32 Å². The van der Waals surface area contributed by atoms with Crippen LogP contribution in [0.2, 0.25) is 0 Å². The third-order valence-electron chi connectivity index (χ3n) is 6.62. The molecule has 1 heterocycles. The van der Waals surface area contributed by atoms with Crippen molar-refractivity contribution in [1.82, 2.24) is 0 Å². The third kappa shape index (κ3) is 10.5. The van der Waals surface area contributed by atoms with E-state index in [4.69, 9.17) is 10.5 Å². The summed E-state index contributed by atoms with van der Waals surface area (Å²) in [6.45, 7) is 2.81. The number of hydrogen-bond donors (Lipinski definition) is 4. The van der Waals surface area contributed by atoms with E-state index in [0.717, 1.165) is 64.5 Å². The molecular weight excluding hydrogens is 593 g/mol. The van der Waals surface area contributed by atoms with Gasteiger partial charge in [0.2, 0.25) is 5.69 Å². The SMILES string of the molecule is CC1(CCCCS(=O)(=O)O)C(/C=C/C=C/Nc2ccccc2)=[N+](CCCCSOOO)c2ccc(SOOO)cc21. The Morgan fingerprint density at radius 1 is 1.00 bits per heavy atom. The zero-order chi connectivity index (χ0) is 29.6. The fourth-order valence-electron chi connectivity index (χ4n) is 4.77. The minimum atomic E-state index is -4.05. The number of fused-ring (bicyclic) bond motifs is 1. The highest BCUT2D eigenvalue weighted by Crippen LogP contribution is 2.45. The van der Waals surface area contributed by atoms with Crippen LogP contribution in [0.1, 0.15) is 44.6 Å². The van der Waals surface area contributed by atoms with Crippen LogP contribution in [-0.4, -0.2) is 51.8 Å². The molecule has 224 valence electrons. The molecule has 11 nitrogen and oxygen atoms in total. The third-order valence-corrected chi connectivity index (χ3v) is 8.61. The molecule has 2 aromatic rings. The van der Waals surface area contributed by atoms with E-state index in [0.29, 0.717) is 31.6 Å². The van der Waals surface area contributed by atoms with Gasteiger partial charge in [-0.2, -0.15) is 13.0 Å². The first-order valence-electron chi connectivity index (χ1n) is 12.9. The zero-order valence-electron chi connectivity index (χ0n) is 22.5. The molecule has 0 radical (unpaired) electrons. The number of para-hydroxylation sites is 1. The van der Waals surface area contributed by atoms with Crippen molar-refractivity contribution in [2.24, 2.45) is 0 Å². The van der Waals surface area contributed by atoms with Crippen molar-refractivity contribution in [2.75, 3.05) is 23.4 Å². The molecule has 3 rings (SSSR count). The van der Waals surface area contributed by atoms with Crippen LogP contribution in [0.15, 0.2) is 77.9 Å². The summed E-state index contributed by atoms with van der Waals surface area (Å²) in [6, 6.07) is 15.6. The van der Waals surface area contributed by atoms with Gasteiger partial charge in [-0.1, -0.05) is 40.8 Å². The molecule has 0 amide bonds. The van der Waals surface area contributed by atoms with Crippen LogP contribution in [0, 0.1) is 0 Å². The predicted molar refractivity (Wildman–Crippen MR) is 159 cm³/mol. The Morgan fingerprint density at radius 3 is 2.51 bits per heavy atom. The normalized spacial score (nSPS) is 17.2. The number of anilines is 1. The van der Waals surface area contributed by atoms with Gasteiger partial charge in [0.1, 0.15) is 6.54 Å². The lowest BCUT2D eigenvalue weighted by atomic mass is 9.75. The number of rotatable bonds is 19. The summed E-state index contributed by atoms with van der Waals surface area (Å²) in [5.74, 6) is 0.328. The fourth-order valence-corrected chi connectivity index (χ4v) is 6.17. The van der Waals surface area contributed by atoms with Crippen LogP contribution in [0.5, 0.6) is 0 Å². The van der Waals surface area contributed by atoms with Crippen molar-refractivity contribution >= 4 is 51.3 Å². The molecule has 0 aromatic heterocycles. The second-order valence-electron chi connectivity index (χ2n) is 9.42. The predicted octanol–water partition coefficient (Wildman–Crippen LogP) is 6.56. The second kappa shape index (κ2) is 17.0. The number of unbranched alkanes of at least 4 members (excludes halogenated alkanes) is 2. The van der Waals surface area contributed by atoms with Crippen molar-refractivity contribution in [2.45, 2.75) is 49.3 Å². The van der Waals surface area contributed by atoms with Gasteiger partial charge in [-0.25, -0.2) is 10.5 Å². The topological polar surface area (TPSA) is 147 Å². The van der Waals surface area contributed by atoms with Gasteiger partial charge in [-0.05, 0) is 56.5 Å². The molecular formula is C27H35N2O9S3+. The Kier molecular flexibility index (Phi) is 13.8. The molecule has 0 saturated heterocycles. The van der Waals surface area contributed by atoms with E-state index in [9.17, 15) is 13.0 Å². The number of benzene rings is 2. The minimum absolute atomic E-state index is 0.298. The first kappa shape index (κ1) is 33.3. The average Bonchev–Trinajstić information content (AvgIpc) is 3.18. The van der Waals surface area contributed by atoms with Gasteiger partial charge in [0, 0.05) is 58.7 Å². The van der Waals surface area contributed by atoms with Gasteiger partial charge in [-0.3, -0.25) is 4.55 Å². The molecule has 4 N–H and O–H groups in total. The summed E-state index contributed by atoms with van der Waals surface area (Å²) < 4.78 is 43.2. The van der Waals surface area contributed by atoms with E-state index in [1.165, 1.54) is 0 Å². The molecule has 41 heavy (non-hydrogen) atoms. The molecule has 0 aliphatic carbocycles. The first-order chi connectivity index (χ1) is 19.8. The maximum Gasteiger partial charge on any atom is 0.264 e. The Hall–Kier alpha value is -2.24. The fraction of sp³-hybridized carbons (Fsp3) is 0.370. The quantitative estimate of drug-likeness (QED) is 0.0254. The highest BCUT2D eigenvalue weighted by atomic mass is 32.2. The summed E-state index contributed by atoms with van der Waals surface area (Å²) in [4.78, 5) is 0.719. The molecule has 0 bridgehead atoms. The average molecular weight is 628 g/mol. The van der Waals surface area contributed by atoms with Crippen molar-refractivity contribution < 1.29 is 46.8 Å². The molecule has 0 fully saturated rings. The Labute approximate surface area is 248 Å². The molecule has 0 spiro atoms. The van der Waals surface area contributed by atoms with Crippen molar-refractivity contribution in [3.05, 3.63) is 78.5 Å². The Morgan fingerprint density at radius 2 is 1.78 bits per heavy atom. The molecule has 14 heteroatoms. The van der Waals surface area contributed by atoms with E-state index < -0.39 is 15.5 Å². The maximum absolute atomic E-state index is 11.3. The van der Waals surface area contributed by atoms with Crippen LogP contribution in [0.4, 0.5) is 11.4 Å². The largest absolute Gasteiger partial charge is 0.362 e. The van der Waals surface area contributed by atoms with Crippen molar-refractivity contribution in [3.8, 4) is 0 Å². The summed E-state index contributed by atoms with van der Waals surface area (Å²) in [5.41, 5.74) is 3.53. The highest BCUT2D eigenvalue weighted by molar-refractivity contribution is 7.94. The number of hydrogen-bond acceptors (Lipinski definition) is 11. The van der Waals surface area contributed by atoms with Gasteiger partial charge < -0.3 is 5.32 Å². The molecule has 0 saturated carbocycles. The van der Waals surface area contributed by atoms with E-state index >= 15 is 0 Å². The molecule has 1 aliphatic heterocycles.